The molecule has 4 aliphatic carbocycles. The monoisotopic (exact) mass is 473 g/mol. The number of nitrogens with two attached hydrogens (primary N) is 2. The molecule has 0 spiro atoms. The molecule has 0 aromatic rings. The lowest BCUT2D eigenvalue weighted by atomic mass is 9.65. The highest BCUT2D eigenvalue weighted by Crippen LogP contribution is 2.47. The Morgan fingerprint density at radius 2 is 1.68 bits per heavy atom. The summed E-state index contributed by atoms with van der Waals surface area (Å²) in [5.74, 6) is 3.74. The molecule has 1 amide bonds. The fraction of sp³-hybridized carbons (Fsp3) is 0.926. The van der Waals surface area contributed by atoms with E-state index in [9.17, 15) is 10.0 Å². The average molecular weight is 474 g/mol. The van der Waals surface area contributed by atoms with Crippen molar-refractivity contribution >= 4 is 11.7 Å². The Hall–Kier alpha value is -1.34. The Morgan fingerprint density at radius 1 is 0.912 bits per heavy atom. The van der Waals surface area contributed by atoms with Gasteiger partial charge < -0.3 is 22.0 Å². The van der Waals surface area contributed by atoms with E-state index in [0.29, 0.717) is 29.8 Å². The molecule has 0 radical (unpaired) electrons. The van der Waals surface area contributed by atoms with Crippen LogP contribution in [0, 0.1) is 29.6 Å². The Labute approximate surface area is 205 Å². The molecule has 0 aromatic heterocycles. The van der Waals surface area contributed by atoms with E-state index >= 15 is 0 Å². The van der Waals surface area contributed by atoms with Gasteiger partial charge in [0.1, 0.15) is 5.84 Å². The van der Waals surface area contributed by atoms with Crippen molar-refractivity contribution in [1.82, 2.24) is 10.2 Å². The molecule has 1 aliphatic heterocycles. The van der Waals surface area contributed by atoms with Crippen LogP contribution in [0.3, 0.4) is 0 Å². The van der Waals surface area contributed by atoms with E-state index < -0.39 is 0 Å². The van der Waals surface area contributed by atoms with Crippen molar-refractivity contribution < 1.29 is 10.0 Å². The number of rotatable bonds is 5. The third kappa shape index (κ3) is 5.11. The van der Waals surface area contributed by atoms with Gasteiger partial charge in [0, 0.05) is 30.6 Å². The summed E-state index contributed by atoms with van der Waals surface area (Å²) in [7, 11) is 0. The SMILES string of the molecule is N/C(=N\O)C1CCC2CC(C(=O)NC3CCC(N)CC3)N(CC3CCCC4CCCCC43)C2C1. The summed E-state index contributed by atoms with van der Waals surface area (Å²) in [6.07, 6.45) is 17.6. The quantitative estimate of drug-likeness (QED) is 0.211. The van der Waals surface area contributed by atoms with Gasteiger partial charge in [0.25, 0.3) is 0 Å². The summed E-state index contributed by atoms with van der Waals surface area (Å²) in [4.78, 5) is 16.3. The summed E-state index contributed by atoms with van der Waals surface area (Å²) in [5, 5.41) is 16.1. The van der Waals surface area contributed by atoms with Crippen molar-refractivity contribution in [2.75, 3.05) is 6.54 Å². The standard InChI is InChI=1S/C27H47N5O2/c28-21-10-12-22(13-11-21)30-27(33)25-14-18-8-9-19(26(29)31-34)15-24(18)32(25)16-20-6-3-5-17-4-1-2-7-23(17)20/h17-25,34H,1-16,28H2,(H2,29,31)(H,30,33). The minimum atomic E-state index is -0.0272. The van der Waals surface area contributed by atoms with Gasteiger partial charge in [-0.25, -0.2) is 0 Å². The molecule has 5 fully saturated rings. The molecule has 7 nitrogen and oxygen atoms in total. The lowest BCUT2D eigenvalue weighted by Gasteiger charge is -2.45. The molecule has 5 aliphatic rings. The van der Waals surface area contributed by atoms with Crippen LogP contribution in [0.2, 0.25) is 0 Å². The van der Waals surface area contributed by atoms with Crippen molar-refractivity contribution in [2.45, 2.75) is 120 Å². The van der Waals surface area contributed by atoms with Gasteiger partial charge in [0.2, 0.25) is 5.91 Å². The minimum absolute atomic E-state index is 0.0272. The maximum Gasteiger partial charge on any atom is 0.237 e. The zero-order valence-corrected chi connectivity index (χ0v) is 20.9. The summed E-state index contributed by atoms with van der Waals surface area (Å²) in [5.41, 5.74) is 12.2. The molecule has 7 atom stereocenters. The van der Waals surface area contributed by atoms with Gasteiger partial charge in [-0.1, -0.05) is 37.3 Å². The highest BCUT2D eigenvalue weighted by Gasteiger charge is 2.49. The Balaban J connectivity index is 1.32. The lowest BCUT2D eigenvalue weighted by Crippen LogP contribution is -2.53. The fourth-order valence-corrected chi connectivity index (χ4v) is 8.54. The minimum Gasteiger partial charge on any atom is -0.409 e. The van der Waals surface area contributed by atoms with Crippen LogP contribution in [0.15, 0.2) is 5.16 Å². The molecule has 7 unspecified atom stereocenters. The first-order valence-corrected chi connectivity index (χ1v) is 14.3. The molecule has 5 rings (SSSR count). The maximum atomic E-state index is 13.7. The van der Waals surface area contributed by atoms with Crippen LogP contribution in [0.4, 0.5) is 0 Å². The van der Waals surface area contributed by atoms with Gasteiger partial charge in [-0.3, -0.25) is 9.69 Å². The van der Waals surface area contributed by atoms with E-state index in [1.807, 2.05) is 0 Å². The third-order valence-electron chi connectivity index (χ3n) is 10.4. The van der Waals surface area contributed by atoms with Gasteiger partial charge in [-0.15, -0.1) is 0 Å². The van der Waals surface area contributed by atoms with Crippen molar-refractivity contribution in [3.05, 3.63) is 0 Å². The van der Waals surface area contributed by atoms with Gasteiger partial charge >= 0.3 is 0 Å². The largest absolute Gasteiger partial charge is 0.409 e. The zero-order valence-electron chi connectivity index (χ0n) is 20.9. The number of oxime groups is 1. The van der Waals surface area contributed by atoms with E-state index in [4.69, 9.17) is 11.5 Å². The molecule has 34 heavy (non-hydrogen) atoms. The molecule has 1 saturated heterocycles. The number of carbonyl (C=O) groups excluding carboxylic acids is 1. The number of amidine groups is 1. The Kier molecular flexibility index (Phi) is 7.69. The number of likely N-dealkylation sites (tertiary alicyclic amines) is 1. The number of nitrogens with zero attached hydrogens (tertiary/aromatic N) is 2. The Bertz CT molecular complexity index is 735. The first kappa shape index (κ1) is 24.4. The van der Waals surface area contributed by atoms with Crippen LogP contribution in [0.25, 0.3) is 0 Å². The number of nitrogens with one attached hydrogen (secondary N) is 1. The first-order chi connectivity index (χ1) is 16.5. The smallest absolute Gasteiger partial charge is 0.237 e. The highest BCUT2D eigenvalue weighted by atomic mass is 16.4. The van der Waals surface area contributed by atoms with Crippen LogP contribution in [-0.4, -0.2) is 52.6 Å². The molecule has 7 heteroatoms. The van der Waals surface area contributed by atoms with Crippen molar-refractivity contribution in [2.24, 2.45) is 46.2 Å². The number of hydrogen-bond donors (Lipinski definition) is 4. The average Bonchev–Trinajstić information content (AvgIpc) is 3.23. The molecule has 0 bridgehead atoms. The van der Waals surface area contributed by atoms with Gasteiger partial charge in [-0.2, -0.15) is 0 Å². The summed E-state index contributed by atoms with van der Waals surface area (Å²) < 4.78 is 0. The topological polar surface area (TPSA) is 117 Å². The molecule has 192 valence electrons. The number of hydrogen-bond acceptors (Lipinski definition) is 5. The van der Waals surface area contributed by atoms with E-state index in [-0.39, 0.29) is 23.9 Å². The first-order valence-electron chi connectivity index (χ1n) is 14.3. The third-order valence-corrected chi connectivity index (χ3v) is 10.4. The zero-order chi connectivity index (χ0) is 23.7. The van der Waals surface area contributed by atoms with Crippen molar-refractivity contribution in [3.8, 4) is 0 Å². The molecular weight excluding hydrogens is 426 g/mol. The van der Waals surface area contributed by atoms with E-state index in [0.717, 1.165) is 69.7 Å². The predicted molar refractivity (Wildman–Crippen MR) is 134 cm³/mol. The molecular formula is C27H47N5O2. The second kappa shape index (κ2) is 10.7. The summed E-state index contributed by atoms with van der Waals surface area (Å²) in [6, 6.07) is 0.919. The molecule has 6 N–H and O–H groups in total. The predicted octanol–water partition coefficient (Wildman–Crippen LogP) is 3.58. The van der Waals surface area contributed by atoms with Crippen molar-refractivity contribution in [3.63, 3.8) is 0 Å². The van der Waals surface area contributed by atoms with Gasteiger partial charge in [0.15, 0.2) is 0 Å². The van der Waals surface area contributed by atoms with Crippen molar-refractivity contribution in [1.29, 1.82) is 0 Å². The maximum absolute atomic E-state index is 13.7. The number of amides is 1. The molecule has 4 saturated carbocycles. The van der Waals surface area contributed by atoms with Gasteiger partial charge in [-0.05, 0) is 87.9 Å². The van der Waals surface area contributed by atoms with E-state index in [1.54, 1.807) is 0 Å². The number of fused-ring (bicyclic) bond motifs is 2. The molecule has 0 aromatic carbocycles. The second-order valence-electron chi connectivity index (χ2n) is 12.3. The molecule has 1 heterocycles. The Morgan fingerprint density at radius 3 is 2.47 bits per heavy atom. The highest BCUT2D eigenvalue weighted by molar-refractivity contribution is 5.83. The van der Waals surface area contributed by atoms with Crippen LogP contribution < -0.4 is 16.8 Å². The van der Waals surface area contributed by atoms with E-state index in [2.05, 4.69) is 15.4 Å². The van der Waals surface area contributed by atoms with Crippen LogP contribution in [0.5, 0.6) is 0 Å². The fourth-order valence-electron chi connectivity index (χ4n) is 8.54. The van der Waals surface area contributed by atoms with Gasteiger partial charge in [0.05, 0.1) is 6.04 Å². The number of carbonyl (C=O) groups is 1. The summed E-state index contributed by atoms with van der Waals surface area (Å²) in [6.45, 7) is 1.05. The second-order valence-corrected chi connectivity index (χ2v) is 12.3. The van der Waals surface area contributed by atoms with Crippen LogP contribution >= 0.6 is 0 Å². The van der Waals surface area contributed by atoms with Crippen LogP contribution in [0.1, 0.15) is 96.3 Å². The normalized spacial score (nSPS) is 43.7. The van der Waals surface area contributed by atoms with E-state index in [1.165, 1.54) is 44.9 Å². The summed E-state index contributed by atoms with van der Waals surface area (Å²) >= 11 is 0. The van der Waals surface area contributed by atoms with Crippen LogP contribution in [-0.2, 0) is 4.79 Å². The lowest BCUT2D eigenvalue weighted by molar-refractivity contribution is -0.127.